The maximum absolute atomic E-state index is 10.8. The summed E-state index contributed by atoms with van der Waals surface area (Å²) in [7, 11) is 0. The number of carbonyl (C=O) groups excluding carboxylic acids is 1. The highest BCUT2D eigenvalue weighted by Crippen LogP contribution is 2.14. The third-order valence-electron chi connectivity index (χ3n) is 1.86. The topological polar surface area (TPSA) is 74.0 Å². The van der Waals surface area contributed by atoms with Crippen LogP contribution in [0.15, 0.2) is 34.4 Å². The minimum Gasteiger partial charge on any atom is -0.507 e. The number of hydrogen-bond donors (Lipinski definition) is 2. The Bertz CT molecular complexity index is 471. The van der Waals surface area contributed by atoms with Crippen molar-refractivity contribution >= 4 is 29.1 Å². The molecule has 2 rings (SSSR count). The summed E-state index contributed by atoms with van der Waals surface area (Å²) < 4.78 is 0. The van der Waals surface area contributed by atoms with Crippen molar-refractivity contribution < 1.29 is 9.90 Å². The summed E-state index contributed by atoms with van der Waals surface area (Å²) in [6.07, 6.45) is 1.51. The molecular formula is C10H9N3O2S. The van der Waals surface area contributed by atoms with Gasteiger partial charge in [-0.1, -0.05) is 23.9 Å². The standard InChI is InChI=1S/C10H9N3O2S/c14-8-4-2-1-3-7(8)5-11-10-13-12-9(15)6-16-10/h1-5,14H,6H2,(H,12,15). The number of hydrazone groups is 1. The SMILES string of the molecule is O=C1CSC(N=Cc2ccccc2O)=NN1. The van der Waals surface area contributed by atoms with Crippen molar-refractivity contribution in [2.24, 2.45) is 10.1 Å². The predicted molar refractivity (Wildman–Crippen MR) is 63.7 cm³/mol. The zero-order chi connectivity index (χ0) is 11.4. The maximum atomic E-state index is 10.8. The van der Waals surface area contributed by atoms with Gasteiger partial charge in [-0.3, -0.25) is 4.79 Å². The molecule has 0 fully saturated rings. The van der Waals surface area contributed by atoms with E-state index < -0.39 is 0 Å². The Hall–Kier alpha value is -1.82. The monoisotopic (exact) mass is 235 g/mol. The first-order valence-corrected chi connectivity index (χ1v) is 5.55. The van der Waals surface area contributed by atoms with Crippen molar-refractivity contribution in [3.8, 4) is 5.75 Å². The average molecular weight is 235 g/mol. The Morgan fingerprint density at radius 2 is 2.31 bits per heavy atom. The van der Waals surface area contributed by atoms with Gasteiger partial charge in [-0.25, -0.2) is 10.4 Å². The number of phenols is 1. The van der Waals surface area contributed by atoms with Gasteiger partial charge in [0, 0.05) is 11.8 Å². The number of benzene rings is 1. The fourth-order valence-electron chi connectivity index (χ4n) is 1.09. The van der Waals surface area contributed by atoms with Crippen molar-refractivity contribution in [2.75, 3.05) is 5.75 Å². The lowest BCUT2D eigenvalue weighted by molar-refractivity contribution is -0.118. The number of nitrogens with one attached hydrogen (secondary N) is 1. The van der Waals surface area contributed by atoms with Crippen molar-refractivity contribution in [3.63, 3.8) is 0 Å². The number of carbonyl (C=O) groups is 1. The van der Waals surface area contributed by atoms with Gasteiger partial charge < -0.3 is 5.11 Å². The first-order valence-electron chi connectivity index (χ1n) is 4.57. The molecule has 0 radical (unpaired) electrons. The minimum atomic E-state index is -0.133. The van der Waals surface area contributed by atoms with Gasteiger partial charge in [0.2, 0.25) is 5.17 Å². The van der Waals surface area contributed by atoms with Gasteiger partial charge in [0.05, 0.1) is 5.75 Å². The number of nitrogens with zero attached hydrogens (tertiary/aromatic N) is 2. The van der Waals surface area contributed by atoms with Crippen molar-refractivity contribution in [3.05, 3.63) is 29.8 Å². The Labute approximate surface area is 96.3 Å². The number of amides is 1. The predicted octanol–water partition coefficient (Wildman–Crippen LogP) is 0.945. The summed E-state index contributed by atoms with van der Waals surface area (Å²) in [5.74, 6) is 0.347. The third kappa shape index (κ3) is 2.60. The lowest BCUT2D eigenvalue weighted by atomic mass is 10.2. The number of aromatic hydroxyl groups is 1. The van der Waals surface area contributed by atoms with E-state index in [0.717, 1.165) is 0 Å². The molecule has 2 N–H and O–H groups in total. The van der Waals surface area contributed by atoms with Crippen LogP contribution >= 0.6 is 11.8 Å². The zero-order valence-corrected chi connectivity index (χ0v) is 9.07. The van der Waals surface area contributed by atoms with Gasteiger partial charge in [0.15, 0.2) is 0 Å². The number of hydrogen-bond acceptors (Lipinski definition) is 5. The summed E-state index contributed by atoms with van der Waals surface area (Å²) in [4.78, 5) is 14.9. The summed E-state index contributed by atoms with van der Waals surface area (Å²) in [5, 5.41) is 13.7. The molecule has 0 aliphatic carbocycles. The molecule has 1 aliphatic rings. The van der Waals surface area contributed by atoms with Gasteiger partial charge in [-0.2, -0.15) is 0 Å². The average Bonchev–Trinajstić information content (AvgIpc) is 2.30. The molecule has 1 amide bonds. The first kappa shape index (κ1) is 10.7. The van der Waals surface area contributed by atoms with Crippen LogP contribution in [-0.2, 0) is 4.79 Å². The van der Waals surface area contributed by atoms with E-state index in [9.17, 15) is 9.90 Å². The second kappa shape index (κ2) is 4.80. The largest absolute Gasteiger partial charge is 0.507 e. The smallest absolute Gasteiger partial charge is 0.250 e. The molecule has 16 heavy (non-hydrogen) atoms. The van der Waals surface area contributed by atoms with Crippen molar-refractivity contribution in [2.45, 2.75) is 0 Å². The minimum absolute atomic E-state index is 0.133. The lowest BCUT2D eigenvalue weighted by Gasteiger charge is -2.06. The molecule has 1 heterocycles. The molecule has 0 saturated heterocycles. The molecule has 6 heteroatoms. The molecule has 0 unspecified atom stereocenters. The Kier molecular flexibility index (Phi) is 3.21. The molecule has 1 aliphatic heterocycles. The number of amidine groups is 1. The second-order valence-electron chi connectivity index (χ2n) is 3.04. The lowest BCUT2D eigenvalue weighted by Crippen LogP contribution is -2.25. The number of thioether (sulfide) groups is 1. The van der Waals surface area contributed by atoms with Gasteiger partial charge in [-0.15, -0.1) is 5.10 Å². The number of rotatable bonds is 1. The molecule has 82 valence electrons. The van der Waals surface area contributed by atoms with Gasteiger partial charge in [0.25, 0.3) is 5.91 Å². The van der Waals surface area contributed by atoms with Gasteiger partial charge in [-0.05, 0) is 12.1 Å². The van der Waals surface area contributed by atoms with Gasteiger partial charge in [0.1, 0.15) is 5.75 Å². The first-order chi connectivity index (χ1) is 7.75. The van der Waals surface area contributed by atoms with Crippen molar-refractivity contribution in [1.82, 2.24) is 5.43 Å². The molecular weight excluding hydrogens is 226 g/mol. The van der Waals surface area contributed by atoms with Gasteiger partial charge >= 0.3 is 0 Å². The normalized spacial score (nSPS) is 16.0. The summed E-state index contributed by atoms with van der Waals surface area (Å²) in [5.41, 5.74) is 2.95. The molecule has 0 atom stereocenters. The fourth-order valence-corrected chi connectivity index (χ4v) is 1.65. The van der Waals surface area contributed by atoms with Crippen LogP contribution in [0, 0.1) is 0 Å². The summed E-state index contributed by atoms with van der Waals surface area (Å²) in [6.45, 7) is 0. The summed E-state index contributed by atoms with van der Waals surface area (Å²) in [6, 6.07) is 6.86. The highest BCUT2D eigenvalue weighted by Gasteiger charge is 2.10. The van der Waals surface area contributed by atoms with E-state index in [-0.39, 0.29) is 11.7 Å². The second-order valence-corrected chi connectivity index (χ2v) is 3.98. The third-order valence-corrected chi connectivity index (χ3v) is 2.72. The van der Waals surface area contributed by atoms with Crippen molar-refractivity contribution in [1.29, 1.82) is 0 Å². The Morgan fingerprint density at radius 1 is 1.50 bits per heavy atom. The molecule has 1 aromatic carbocycles. The zero-order valence-electron chi connectivity index (χ0n) is 8.25. The van der Waals surface area contributed by atoms with E-state index in [0.29, 0.717) is 16.5 Å². The van der Waals surface area contributed by atoms with E-state index in [4.69, 9.17) is 0 Å². The van der Waals surface area contributed by atoms with Crippen LogP contribution in [0.3, 0.4) is 0 Å². The van der Waals surface area contributed by atoms with Crippen LogP contribution in [0.25, 0.3) is 0 Å². The number of phenolic OH excluding ortho intramolecular Hbond substituents is 1. The van der Waals surface area contributed by atoms with E-state index in [2.05, 4.69) is 15.5 Å². The molecule has 5 nitrogen and oxygen atoms in total. The molecule has 1 aromatic rings. The molecule has 0 saturated carbocycles. The highest BCUT2D eigenvalue weighted by atomic mass is 32.2. The van der Waals surface area contributed by atoms with Crippen LogP contribution in [0.1, 0.15) is 5.56 Å². The van der Waals surface area contributed by atoms with E-state index in [1.807, 2.05) is 0 Å². The quantitative estimate of drug-likeness (QED) is 0.711. The van der Waals surface area contributed by atoms with Crippen LogP contribution in [0.4, 0.5) is 0 Å². The van der Waals surface area contributed by atoms with E-state index in [1.165, 1.54) is 18.0 Å². The van der Waals surface area contributed by atoms with Crippen LogP contribution in [0.2, 0.25) is 0 Å². The van der Waals surface area contributed by atoms with Crippen LogP contribution < -0.4 is 5.43 Å². The van der Waals surface area contributed by atoms with E-state index in [1.54, 1.807) is 24.3 Å². The Morgan fingerprint density at radius 3 is 3.00 bits per heavy atom. The molecule has 0 bridgehead atoms. The summed E-state index contributed by atoms with van der Waals surface area (Å²) >= 11 is 1.25. The van der Waals surface area contributed by atoms with E-state index >= 15 is 0 Å². The molecule has 0 aromatic heterocycles. The fraction of sp³-hybridized carbons (Fsp3) is 0.100. The maximum Gasteiger partial charge on any atom is 0.250 e. The molecule has 0 spiro atoms. The highest BCUT2D eigenvalue weighted by molar-refractivity contribution is 8.14. The Balaban J connectivity index is 2.10. The number of aliphatic imine (C=N–C) groups is 1. The van der Waals surface area contributed by atoms with Crippen LogP contribution in [0.5, 0.6) is 5.75 Å². The van der Waals surface area contributed by atoms with Crippen LogP contribution in [-0.4, -0.2) is 28.1 Å². The number of para-hydroxylation sites is 1.